The van der Waals surface area contributed by atoms with Crippen molar-refractivity contribution in [2.24, 2.45) is 5.92 Å². The van der Waals surface area contributed by atoms with Crippen molar-refractivity contribution in [3.8, 4) is 5.75 Å². The highest BCUT2D eigenvalue weighted by atomic mass is 35.5. The summed E-state index contributed by atoms with van der Waals surface area (Å²) in [6, 6.07) is 11.4. The smallest absolute Gasteiger partial charge is 0.295 e. The molecule has 1 fully saturated rings. The van der Waals surface area contributed by atoms with Gasteiger partial charge in [0.2, 0.25) is 0 Å². The zero-order chi connectivity index (χ0) is 23.4. The molecule has 1 heterocycles. The number of amides is 1. The maximum atomic E-state index is 13.0. The predicted octanol–water partition coefficient (Wildman–Crippen LogP) is 4.75. The monoisotopic (exact) mass is 457 g/mol. The van der Waals surface area contributed by atoms with Gasteiger partial charge in [-0.05, 0) is 54.3 Å². The summed E-state index contributed by atoms with van der Waals surface area (Å²) in [6.45, 7) is 7.06. The van der Waals surface area contributed by atoms with Gasteiger partial charge in [0.25, 0.3) is 11.7 Å². The van der Waals surface area contributed by atoms with Crippen molar-refractivity contribution in [3.05, 3.63) is 69.8 Å². The van der Waals surface area contributed by atoms with E-state index in [0.29, 0.717) is 34.4 Å². The van der Waals surface area contributed by atoms with Crippen molar-refractivity contribution in [2.45, 2.75) is 26.8 Å². The molecule has 2 aromatic carbocycles. The van der Waals surface area contributed by atoms with Crippen LogP contribution < -0.4 is 4.74 Å². The summed E-state index contributed by atoms with van der Waals surface area (Å²) in [7, 11) is 1.53. The maximum Gasteiger partial charge on any atom is 0.295 e. The Morgan fingerprint density at radius 2 is 1.84 bits per heavy atom. The summed E-state index contributed by atoms with van der Waals surface area (Å²) in [5.41, 5.74) is 2.00. The molecule has 7 heteroatoms. The summed E-state index contributed by atoms with van der Waals surface area (Å²) < 4.78 is 10.9. The Hall–Kier alpha value is -2.83. The Kier molecular flexibility index (Phi) is 7.59. The molecule has 1 aliphatic rings. The summed E-state index contributed by atoms with van der Waals surface area (Å²) >= 11 is 6.03. The molecule has 0 saturated carbocycles. The average Bonchev–Trinajstić information content (AvgIpc) is 3.01. The van der Waals surface area contributed by atoms with E-state index < -0.39 is 17.7 Å². The van der Waals surface area contributed by atoms with E-state index in [0.717, 1.165) is 5.56 Å². The number of hydrogen-bond donors (Lipinski definition) is 1. The molecular weight excluding hydrogens is 430 g/mol. The number of hydrogen-bond acceptors (Lipinski definition) is 5. The molecule has 0 spiro atoms. The highest BCUT2D eigenvalue weighted by Crippen LogP contribution is 2.40. The van der Waals surface area contributed by atoms with Crippen LogP contribution in [-0.2, 0) is 14.3 Å². The first-order valence-electron chi connectivity index (χ1n) is 10.5. The largest absolute Gasteiger partial charge is 0.507 e. The van der Waals surface area contributed by atoms with Gasteiger partial charge >= 0.3 is 0 Å². The van der Waals surface area contributed by atoms with Crippen LogP contribution in [0.3, 0.4) is 0 Å². The summed E-state index contributed by atoms with van der Waals surface area (Å²) in [4.78, 5) is 27.2. The maximum absolute atomic E-state index is 13.0. The van der Waals surface area contributed by atoms with Gasteiger partial charge < -0.3 is 19.5 Å². The molecule has 0 aliphatic carbocycles. The molecule has 3 rings (SSSR count). The topological polar surface area (TPSA) is 76.1 Å². The molecule has 170 valence electrons. The fraction of sp³-hybridized carbons (Fsp3) is 0.360. The lowest BCUT2D eigenvalue weighted by Gasteiger charge is -2.25. The Balaban J connectivity index is 2.06. The third-order valence-electron chi connectivity index (χ3n) is 5.28. The molecule has 0 radical (unpaired) electrons. The highest BCUT2D eigenvalue weighted by Gasteiger charge is 2.45. The molecule has 32 heavy (non-hydrogen) atoms. The molecule has 6 nitrogen and oxygen atoms in total. The third-order valence-corrected chi connectivity index (χ3v) is 5.53. The Labute approximate surface area is 193 Å². The van der Waals surface area contributed by atoms with Gasteiger partial charge in [0, 0.05) is 24.2 Å². The van der Waals surface area contributed by atoms with E-state index in [1.165, 1.54) is 12.0 Å². The van der Waals surface area contributed by atoms with Crippen LogP contribution in [0.25, 0.3) is 5.76 Å². The van der Waals surface area contributed by atoms with Gasteiger partial charge in [-0.25, -0.2) is 0 Å². The number of carbonyl (C=O) groups is 2. The molecule has 1 aliphatic heterocycles. The van der Waals surface area contributed by atoms with E-state index >= 15 is 0 Å². The molecule has 2 aromatic rings. The van der Waals surface area contributed by atoms with Gasteiger partial charge in [-0.2, -0.15) is 0 Å². The van der Waals surface area contributed by atoms with Gasteiger partial charge in [0.05, 0.1) is 24.8 Å². The molecule has 0 aromatic heterocycles. The Bertz CT molecular complexity index is 1030. The zero-order valence-electron chi connectivity index (χ0n) is 18.7. The number of aryl methyl sites for hydroxylation is 1. The van der Waals surface area contributed by atoms with Crippen LogP contribution in [0, 0.1) is 12.8 Å². The van der Waals surface area contributed by atoms with Crippen molar-refractivity contribution in [3.63, 3.8) is 0 Å². The number of Topliss-reactive ketones (excluding diaryl/α,β-unsaturated/α-hetero) is 1. The van der Waals surface area contributed by atoms with Gasteiger partial charge in [-0.1, -0.05) is 37.6 Å². The third kappa shape index (κ3) is 4.97. The summed E-state index contributed by atoms with van der Waals surface area (Å²) in [5, 5.41) is 11.7. The van der Waals surface area contributed by atoms with Crippen LogP contribution in [0.4, 0.5) is 0 Å². The summed E-state index contributed by atoms with van der Waals surface area (Å²) in [6.07, 6.45) is 0. The minimum atomic E-state index is -0.736. The van der Waals surface area contributed by atoms with E-state index in [4.69, 9.17) is 21.1 Å². The normalized spacial score (nSPS) is 17.9. The van der Waals surface area contributed by atoms with Crippen LogP contribution >= 0.6 is 11.6 Å². The van der Waals surface area contributed by atoms with Gasteiger partial charge in [0.15, 0.2) is 0 Å². The van der Waals surface area contributed by atoms with E-state index in [-0.39, 0.29) is 24.5 Å². The first kappa shape index (κ1) is 23.8. The quantitative estimate of drug-likeness (QED) is 0.351. The van der Waals surface area contributed by atoms with Crippen molar-refractivity contribution in [1.82, 2.24) is 4.90 Å². The lowest BCUT2D eigenvalue weighted by atomic mass is 9.95. The first-order valence-corrected chi connectivity index (χ1v) is 10.9. The van der Waals surface area contributed by atoms with E-state index in [2.05, 4.69) is 13.8 Å². The SMILES string of the molecule is COCCN1C(=O)C(=O)C(=C(O)c2ccc(OCC(C)C)c(C)c2)C1c1ccc(Cl)cc1. The average molecular weight is 458 g/mol. The predicted molar refractivity (Wildman–Crippen MR) is 124 cm³/mol. The number of aliphatic hydroxyl groups excluding tert-OH is 1. The van der Waals surface area contributed by atoms with Crippen LogP contribution in [0.2, 0.25) is 5.02 Å². The molecule has 1 N–H and O–H groups in total. The number of likely N-dealkylation sites (tertiary alicyclic amines) is 1. The number of halogens is 1. The van der Waals surface area contributed by atoms with Gasteiger partial charge in [0.1, 0.15) is 11.5 Å². The second kappa shape index (κ2) is 10.2. The van der Waals surface area contributed by atoms with Crippen molar-refractivity contribution in [2.75, 3.05) is 26.9 Å². The van der Waals surface area contributed by atoms with Crippen molar-refractivity contribution < 1.29 is 24.2 Å². The second-order valence-electron chi connectivity index (χ2n) is 8.22. The number of aliphatic hydroxyl groups is 1. The number of methoxy groups -OCH3 is 1. The fourth-order valence-corrected chi connectivity index (χ4v) is 3.79. The van der Waals surface area contributed by atoms with Crippen LogP contribution in [0.15, 0.2) is 48.0 Å². The molecule has 1 unspecified atom stereocenters. The van der Waals surface area contributed by atoms with E-state index in [1.54, 1.807) is 42.5 Å². The fourth-order valence-electron chi connectivity index (χ4n) is 3.66. The standard InChI is InChI=1S/C25H28ClNO5/c1-15(2)14-32-20-10-7-18(13-16(20)3)23(28)21-22(17-5-8-19(26)9-6-17)27(11-12-31-4)25(30)24(21)29/h5-10,13,15,22,28H,11-12,14H2,1-4H3. The number of rotatable bonds is 8. The lowest BCUT2D eigenvalue weighted by Crippen LogP contribution is -2.32. The number of benzene rings is 2. The minimum Gasteiger partial charge on any atom is -0.507 e. The van der Waals surface area contributed by atoms with Crippen LogP contribution in [0.5, 0.6) is 5.75 Å². The summed E-state index contributed by atoms with van der Waals surface area (Å²) in [5.74, 6) is -0.523. The zero-order valence-corrected chi connectivity index (χ0v) is 19.5. The second-order valence-corrected chi connectivity index (χ2v) is 8.66. The van der Waals surface area contributed by atoms with E-state index in [1.807, 2.05) is 6.92 Å². The molecular formula is C25H28ClNO5. The Morgan fingerprint density at radius 1 is 1.16 bits per heavy atom. The van der Waals surface area contributed by atoms with Gasteiger partial charge in [-0.15, -0.1) is 0 Å². The van der Waals surface area contributed by atoms with Crippen LogP contribution in [0.1, 0.15) is 36.6 Å². The van der Waals surface area contributed by atoms with Crippen molar-refractivity contribution >= 4 is 29.1 Å². The number of ketones is 1. The molecule has 1 atom stereocenters. The number of carbonyl (C=O) groups excluding carboxylic acids is 2. The first-order chi connectivity index (χ1) is 15.2. The molecule has 1 saturated heterocycles. The van der Waals surface area contributed by atoms with Gasteiger partial charge in [-0.3, -0.25) is 9.59 Å². The molecule has 0 bridgehead atoms. The Morgan fingerprint density at radius 3 is 2.44 bits per heavy atom. The van der Waals surface area contributed by atoms with Crippen LogP contribution in [-0.4, -0.2) is 48.6 Å². The highest BCUT2D eigenvalue weighted by molar-refractivity contribution is 6.46. The lowest BCUT2D eigenvalue weighted by molar-refractivity contribution is -0.140. The minimum absolute atomic E-state index is 0.0451. The van der Waals surface area contributed by atoms with E-state index in [9.17, 15) is 14.7 Å². The number of ether oxygens (including phenoxy) is 2. The number of nitrogens with zero attached hydrogens (tertiary/aromatic N) is 1. The molecule has 1 amide bonds. The van der Waals surface area contributed by atoms with Crippen molar-refractivity contribution in [1.29, 1.82) is 0 Å².